The smallest absolute Gasteiger partial charge is 0.273 e. The number of nitrogens with one attached hydrogen (secondary N) is 1. The first-order valence-electron chi connectivity index (χ1n) is 8.58. The van der Waals surface area contributed by atoms with Crippen molar-refractivity contribution in [2.45, 2.75) is 26.3 Å². The summed E-state index contributed by atoms with van der Waals surface area (Å²) in [5.74, 6) is 0.244. The minimum Gasteiger partial charge on any atom is -0.508 e. The van der Waals surface area contributed by atoms with Crippen LogP contribution >= 0.6 is 0 Å². The summed E-state index contributed by atoms with van der Waals surface area (Å²) in [5, 5.41) is 12.2. The molecule has 2 aromatic rings. The molecule has 0 aliphatic rings. The summed E-state index contributed by atoms with van der Waals surface area (Å²) in [6.07, 6.45) is 1.83. The van der Waals surface area contributed by atoms with Gasteiger partial charge in [-0.15, -0.1) is 0 Å². The van der Waals surface area contributed by atoms with Crippen LogP contribution in [0.2, 0.25) is 0 Å². The number of oxazole rings is 1. The van der Waals surface area contributed by atoms with Crippen molar-refractivity contribution < 1.29 is 14.3 Å². The van der Waals surface area contributed by atoms with Crippen molar-refractivity contribution in [3.63, 3.8) is 0 Å². The number of hydrogen-bond acceptors (Lipinski definition) is 6. The van der Waals surface area contributed by atoms with Crippen LogP contribution in [0.15, 0.2) is 34.9 Å². The zero-order valence-electron chi connectivity index (χ0n) is 15.8. The number of carbonyl (C=O) groups is 1. The first-order chi connectivity index (χ1) is 12.2. The fraction of sp³-hybridized carbons (Fsp3) is 0.474. The zero-order valence-corrected chi connectivity index (χ0v) is 15.8. The molecule has 7 heteroatoms. The van der Waals surface area contributed by atoms with Crippen molar-refractivity contribution in [1.29, 1.82) is 0 Å². The number of aromatic hydroxyl groups is 1. The Labute approximate surface area is 154 Å². The number of carbonyl (C=O) groups excluding carboxylic acids is 1. The Kier molecular flexibility index (Phi) is 6.39. The summed E-state index contributed by atoms with van der Waals surface area (Å²) < 4.78 is 5.39. The molecule has 0 spiro atoms. The number of amides is 1. The first-order valence-corrected chi connectivity index (χ1v) is 8.58. The topological polar surface area (TPSA) is 105 Å². The maximum Gasteiger partial charge on any atom is 0.273 e. The number of benzene rings is 1. The van der Waals surface area contributed by atoms with Crippen LogP contribution in [0.25, 0.3) is 0 Å². The highest BCUT2D eigenvalue weighted by Gasteiger charge is 2.22. The van der Waals surface area contributed by atoms with Gasteiger partial charge in [0.15, 0.2) is 5.69 Å². The lowest BCUT2D eigenvalue weighted by Crippen LogP contribution is -2.40. The largest absolute Gasteiger partial charge is 0.508 e. The molecule has 0 saturated carbocycles. The van der Waals surface area contributed by atoms with Gasteiger partial charge in [-0.3, -0.25) is 4.79 Å². The summed E-state index contributed by atoms with van der Waals surface area (Å²) in [6.45, 7) is 5.57. The van der Waals surface area contributed by atoms with Gasteiger partial charge in [-0.2, -0.15) is 0 Å². The second-order valence-corrected chi connectivity index (χ2v) is 7.63. The Morgan fingerprint density at radius 3 is 2.62 bits per heavy atom. The van der Waals surface area contributed by atoms with E-state index in [-0.39, 0.29) is 22.8 Å². The highest BCUT2D eigenvalue weighted by Crippen LogP contribution is 2.18. The molecule has 0 aliphatic heterocycles. The lowest BCUT2D eigenvalue weighted by molar-refractivity contribution is 0.0924. The van der Waals surface area contributed by atoms with Crippen LogP contribution < -0.4 is 11.1 Å². The van der Waals surface area contributed by atoms with Gasteiger partial charge in [0.2, 0.25) is 5.89 Å². The quantitative estimate of drug-likeness (QED) is 0.664. The number of phenols is 1. The van der Waals surface area contributed by atoms with E-state index in [9.17, 15) is 9.90 Å². The number of aromatic nitrogens is 1. The summed E-state index contributed by atoms with van der Waals surface area (Å²) in [7, 11) is 4.01. The van der Waals surface area contributed by atoms with Crippen LogP contribution in [0.5, 0.6) is 5.75 Å². The third kappa shape index (κ3) is 5.86. The van der Waals surface area contributed by atoms with Crippen molar-refractivity contribution in [2.24, 2.45) is 11.1 Å². The molecule has 0 saturated heterocycles. The third-order valence-corrected chi connectivity index (χ3v) is 3.94. The molecule has 0 bridgehead atoms. The number of nitrogens with two attached hydrogens (primary N) is 1. The number of phenolic OH excluding ortho intramolecular Hbond substituents is 1. The minimum absolute atomic E-state index is 0.0546. The first kappa shape index (κ1) is 19.9. The molecule has 1 aromatic heterocycles. The Bertz CT molecular complexity index is 723. The Hall–Kier alpha value is -2.38. The molecule has 26 heavy (non-hydrogen) atoms. The van der Waals surface area contributed by atoms with Crippen molar-refractivity contribution in [3.8, 4) is 5.75 Å². The van der Waals surface area contributed by atoms with Crippen LogP contribution in [0.1, 0.15) is 41.8 Å². The minimum atomic E-state index is -0.466. The molecule has 0 aliphatic carbocycles. The molecule has 1 atom stereocenters. The van der Waals surface area contributed by atoms with Gasteiger partial charge < -0.3 is 25.5 Å². The Morgan fingerprint density at radius 2 is 2.00 bits per heavy atom. The van der Waals surface area contributed by atoms with E-state index in [1.807, 2.05) is 14.1 Å². The molecule has 0 fully saturated rings. The van der Waals surface area contributed by atoms with Gasteiger partial charge in [0, 0.05) is 13.1 Å². The lowest BCUT2D eigenvalue weighted by atomic mass is 9.93. The second kappa shape index (κ2) is 8.33. The van der Waals surface area contributed by atoms with Gasteiger partial charge >= 0.3 is 0 Å². The van der Waals surface area contributed by atoms with Crippen LogP contribution in [-0.4, -0.2) is 48.1 Å². The van der Waals surface area contributed by atoms with E-state index >= 15 is 0 Å². The number of hydrogen-bond donors (Lipinski definition) is 3. The third-order valence-electron chi connectivity index (χ3n) is 3.94. The average Bonchev–Trinajstić information content (AvgIpc) is 3.04. The van der Waals surface area contributed by atoms with E-state index in [0.29, 0.717) is 18.9 Å². The summed E-state index contributed by atoms with van der Waals surface area (Å²) >= 11 is 0. The average molecular weight is 360 g/mol. The van der Waals surface area contributed by atoms with Crippen LogP contribution in [0.4, 0.5) is 0 Å². The van der Waals surface area contributed by atoms with E-state index in [4.69, 9.17) is 10.2 Å². The van der Waals surface area contributed by atoms with Crippen molar-refractivity contribution >= 4 is 5.91 Å². The Morgan fingerprint density at radius 1 is 1.35 bits per heavy atom. The maximum absolute atomic E-state index is 12.3. The second-order valence-electron chi connectivity index (χ2n) is 7.63. The molecule has 7 nitrogen and oxygen atoms in total. The van der Waals surface area contributed by atoms with Crippen LogP contribution in [0.3, 0.4) is 0 Å². The molecule has 0 radical (unpaired) electrons. The maximum atomic E-state index is 12.3. The van der Waals surface area contributed by atoms with Crippen molar-refractivity contribution in [1.82, 2.24) is 15.2 Å². The molecule has 4 N–H and O–H groups in total. The zero-order chi connectivity index (χ0) is 19.3. The molecule has 142 valence electrons. The highest BCUT2D eigenvalue weighted by molar-refractivity contribution is 5.91. The molecule has 2 rings (SSSR count). The SMILES string of the molecule is CN(C)CC(C)(C)CNC(=O)c1coc(C(N)Cc2ccc(O)cc2)n1. The number of nitrogens with zero attached hydrogens (tertiary/aromatic N) is 2. The van der Waals surface area contributed by atoms with E-state index in [1.54, 1.807) is 24.3 Å². The fourth-order valence-corrected chi connectivity index (χ4v) is 2.86. The van der Waals surface area contributed by atoms with Crippen molar-refractivity contribution in [3.05, 3.63) is 47.7 Å². The Balaban J connectivity index is 1.93. The predicted octanol–water partition coefficient (Wildman–Crippen LogP) is 1.94. The predicted molar refractivity (Wildman–Crippen MR) is 99.9 cm³/mol. The van der Waals surface area contributed by atoms with Gasteiger partial charge in [0.05, 0.1) is 6.04 Å². The van der Waals surface area contributed by atoms with Crippen molar-refractivity contribution in [2.75, 3.05) is 27.2 Å². The van der Waals surface area contributed by atoms with E-state index in [0.717, 1.165) is 12.1 Å². The van der Waals surface area contributed by atoms with Gasteiger partial charge in [0.25, 0.3) is 5.91 Å². The van der Waals surface area contributed by atoms with E-state index < -0.39 is 6.04 Å². The normalized spacial score (nSPS) is 13.0. The van der Waals surface area contributed by atoms with Crippen LogP contribution in [-0.2, 0) is 6.42 Å². The molecule has 1 amide bonds. The van der Waals surface area contributed by atoms with Gasteiger partial charge in [0.1, 0.15) is 12.0 Å². The highest BCUT2D eigenvalue weighted by atomic mass is 16.3. The molecule has 1 heterocycles. The fourth-order valence-electron chi connectivity index (χ4n) is 2.86. The monoisotopic (exact) mass is 360 g/mol. The molecular weight excluding hydrogens is 332 g/mol. The van der Waals surface area contributed by atoms with Gasteiger partial charge in [-0.05, 0) is 43.6 Å². The van der Waals surface area contributed by atoms with Gasteiger partial charge in [-0.1, -0.05) is 26.0 Å². The molecule has 1 unspecified atom stereocenters. The number of rotatable bonds is 8. The molecule has 1 aromatic carbocycles. The standard InChI is InChI=1S/C19H28N4O3/c1-19(2,12-23(3)4)11-21-17(25)16-10-26-18(22-16)15(20)9-13-5-7-14(24)8-6-13/h5-8,10,15,24H,9,11-12,20H2,1-4H3,(H,21,25). The van der Waals surface area contributed by atoms with Gasteiger partial charge in [-0.25, -0.2) is 4.98 Å². The summed E-state index contributed by atoms with van der Waals surface area (Å²) in [6, 6.07) is 6.32. The molecular formula is C19H28N4O3. The summed E-state index contributed by atoms with van der Waals surface area (Å²) in [4.78, 5) is 18.6. The van der Waals surface area contributed by atoms with E-state index in [2.05, 4.69) is 29.0 Å². The summed E-state index contributed by atoms with van der Waals surface area (Å²) in [5.41, 5.74) is 7.24. The van der Waals surface area contributed by atoms with Crippen LogP contribution in [0, 0.1) is 5.41 Å². The van der Waals surface area contributed by atoms with E-state index in [1.165, 1.54) is 6.26 Å². The lowest BCUT2D eigenvalue weighted by Gasteiger charge is -2.28.